The number of rotatable bonds is 9. The third-order valence-electron chi connectivity index (χ3n) is 6.35. The first-order valence-corrected chi connectivity index (χ1v) is 13.5. The fourth-order valence-corrected chi connectivity index (χ4v) is 4.90. The maximum Gasteiger partial charge on any atom is 0.573 e. The minimum Gasteiger partial charge on any atom is -0.466 e. The quantitative estimate of drug-likeness (QED) is 0.157. The second-order valence-corrected chi connectivity index (χ2v) is 9.59. The molecule has 0 aliphatic rings. The molecule has 0 aliphatic heterocycles. The van der Waals surface area contributed by atoms with Crippen molar-refractivity contribution in [3.63, 3.8) is 0 Å². The molecule has 2 aromatic heterocycles. The maximum absolute atomic E-state index is 13.4. The highest BCUT2D eigenvalue weighted by Crippen LogP contribution is 2.37. The van der Waals surface area contributed by atoms with Crippen molar-refractivity contribution >= 4 is 45.3 Å². The largest absolute Gasteiger partial charge is 0.573 e. The Hall–Kier alpha value is -4.77. The molecule has 2 heterocycles. The number of carbonyl (C=O) groups excluding carboxylic acids is 2. The van der Waals surface area contributed by atoms with Gasteiger partial charge in [-0.05, 0) is 80.6 Å². The van der Waals surface area contributed by atoms with Crippen LogP contribution in [-0.4, -0.2) is 41.1 Å². The lowest BCUT2D eigenvalue weighted by Gasteiger charge is -2.14. The lowest BCUT2D eigenvalue weighted by atomic mass is 10.1. The summed E-state index contributed by atoms with van der Waals surface area (Å²) in [5.41, 5.74) is 1.81. The highest BCUT2D eigenvalue weighted by Gasteiger charge is 2.31. The molecule has 0 N–H and O–H groups in total. The van der Waals surface area contributed by atoms with Crippen molar-refractivity contribution < 1.29 is 41.7 Å². The molecule has 0 unspecified atom stereocenters. The van der Waals surface area contributed by atoms with Gasteiger partial charge >= 0.3 is 18.3 Å². The predicted octanol–water partition coefficient (Wildman–Crippen LogP) is 7.81. The van der Waals surface area contributed by atoms with Crippen LogP contribution in [0.3, 0.4) is 0 Å². The first kappa shape index (κ1) is 29.7. The number of fused-ring (bicyclic) bond motifs is 2. The van der Waals surface area contributed by atoms with Gasteiger partial charge in [-0.1, -0.05) is 11.6 Å². The molecule has 12 heteroatoms. The molecule has 3 aromatic carbocycles. The van der Waals surface area contributed by atoms with Crippen LogP contribution in [0.25, 0.3) is 27.5 Å². The summed E-state index contributed by atoms with van der Waals surface area (Å²) >= 11 is 6.11. The molecule has 222 valence electrons. The Kier molecular flexibility index (Phi) is 8.45. The van der Waals surface area contributed by atoms with E-state index in [9.17, 15) is 22.8 Å². The van der Waals surface area contributed by atoms with Crippen molar-refractivity contribution in [2.24, 2.45) is 0 Å². The summed E-state index contributed by atoms with van der Waals surface area (Å²) in [6.07, 6.45) is -3.60. The van der Waals surface area contributed by atoms with Crippen molar-refractivity contribution in [3.8, 4) is 22.9 Å². The molecule has 0 atom stereocenters. The Bertz CT molecular complexity index is 1820. The van der Waals surface area contributed by atoms with Crippen LogP contribution in [-0.2, 0) is 20.7 Å². The molecule has 8 nitrogen and oxygen atoms in total. The van der Waals surface area contributed by atoms with E-state index in [1.165, 1.54) is 12.1 Å². The lowest BCUT2D eigenvalue weighted by molar-refractivity contribution is -0.274. The third-order valence-corrected chi connectivity index (χ3v) is 6.59. The molecule has 0 aliphatic carbocycles. The van der Waals surface area contributed by atoms with E-state index in [0.29, 0.717) is 44.0 Å². The number of benzene rings is 3. The Balaban J connectivity index is 1.68. The van der Waals surface area contributed by atoms with Crippen molar-refractivity contribution in [3.05, 3.63) is 89.2 Å². The van der Waals surface area contributed by atoms with Gasteiger partial charge in [-0.2, -0.15) is 0 Å². The van der Waals surface area contributed by atoms with Crippen LogP contribution >= 0.6 is 11.6 Å². The van der Waals surface area contributed by atoms with Gasteiger partial charge in [0.1, 0.15) is 17.2 Å². The first-order chi connectivity index (χ1) is 20.6. The number of aromatic nitrogens is 2. The van der Waals surface area contributed by atoms with Gasteiger partial charge in [0.15, 0.2) is 0 Å². The molecular weight excluding hydrogens is 589 g/mol. The minimum atomic E-state index is -4.86. The maximum atomic E-state index is 13.4. The van der Waals surface area contributed by atoms with Crippen molar-refractivity contribution in [1.82, 2.24) is 9.55 Å². The van der Waals surface area contributed by atoms with Crippen LogP contribution in [0.2, 0.25) is 5.02 Å². The molecule has 0 amide bonds. The minimum absolute atomic E-state index is 0.0651. The van der Waals surface area contributed by atoms with E-state index < -0.39 is 24.1 Å². The summed E-state index contributed by atoms with van der Waals surface area (Å²) in [6, 6.07) is 17.0. The predicted molar refractivity (Wildman–Crippen MR) is 153 cm³/mol. The van der Waals surface area contributed by atoms with Crippen LogP contribution in [0.1, 0.15) is 29.9 Å². The number of pyridine rings is 1. The van der Waals surface area contributed by atoms with Crippen LogP contribution in [0.15, 0.2) is 72.9 Å². The number of halogens is 4. The highest BCUT2D eigenvalue weighted by atomic mass is 35.5. The first-order valence-electron chi connectivity index (χ1n) is 13.2. The molecule has 0 fully saturated rings. The van der Waals surface area contributed by atoms with Crippen LogP contribution in [0.5, 0.6) is 17.2 Å². The SMILES string of the molecule is CCOC(=O)Cc1c(C(=O)OCC)c2cc(Oc3ccnc4cc(Cl)ccc34)ccc2n1-c1ccc(OC(F)(F)F)cc1. The van der Waals surface area contributed by atoms with E-state index in [1.807, 2.05) is 0 Å². The molecule has 43 heavy (non-hydrogen) atoms. The number of hydrogen-bond acceptors (Lipinski definition) is 7. The zero-order valence-electron chi connectivity index (χ0n) is 22.9. The van der Waals surface area contributed by atoms with Crippen LogP contribution in [0, 0.1) is 0 Å². The molecule has 5 rings (SSSR count). The number of nitrogens with zero attached hydrogens (tertiary/aromatic N) is 2. The van der Waals surface area contributed by atoms with E-state index in [-0.39, 0.29) is 30.9 Å². The Morgan fingerprint density at radius 1 is 0.884 bits per heavy atom. The molecule has 0 saturated heterocycles. The number of carbonyl (C=O) groups is 2. The Labute approximate surface area is 248 Å². The zero-order valence-corrected chi connectivity index (χ0v) is 23.7. The summed E-state index contributed by atoms with van der Waals surface area (Å²) < 4.78 is 60.6. The van der Waals surface area contributed by atoms with Gasteiger partial charge in [-0.3, -0.25) is 9.78 Å². The van der Waals surface area contributed by atoms with E-state index in [4.69, 9.17) is 25.8 Å². The van der Waals surface area contributed by atoms with Crippen molar-refractivity contribution in [2.75, 3.05) is 13.2 Å². The second kappa shape index (κ2) is 12.2. The number of esters is 2. The molecule has 0 spiro atoms. The molecule has 0 radical (unpaired) electrons. The van der Waals surface area contributed by atoms with E-state index >= 15 is 0 Å². The van der Waals surface area contributed by atoms with Crippen LogP contribution in [0.4, 0.5) is 13.2 Å². The van der Waals surface area contributed by atoms with Crippen LogP contribution < -0.4 is 9.47 Å². The summed E-state index contributed by atoms with van der Waals surface area (Å²) in [5, 5.41) is 1.62. The van der Waals surface area contributed by atoms with Crippen molar-refractivity contribution in [1.29, 1.82) is 0 Å². The molecular formula is C31H24ClF3N2O6. The molecule has 0 saturated carbocycles. The van der Waals surface area contributed by atoms with Gasteiger partial charge in [0.05, 0.1) is 36.2 Å². The van der Waals surface area contributed by atoms with Crippen molar-refractivity contribution in [2.45, 2.75) is 26.6 Å². The fraction of sp³-hybridized carbons (Fsp3) is 0.194. The van der Waals surface area contributed by atoms with Gasteiger partial charge in [-0.15, -0.1) is 13.2 Å². The Morgan fingerprint density at radius 2 is 1.60 bits per heavy atom. The molecule has 5 aromatic rings. The highest BCUT2D eigenvalue weighted by molar-refractivity contribution is 6.31. The average Bonchev–Trinajstić information content (AvgIpc) is 3.25. The second-order valence-electron chi connectivity index (χ2n) is 9.15. The fourth-order valence-electron chi connectivity index (χ4n) is 4.74. The van der Waals surface area contributed by atoms with Gasteiger partial charge in [0.25, 0.3) is 0 Å². The van der Waals surface area contributed by atoms with Gasteiger partial charge < -0.3 is 23.5 Å². The van der Waals surface area contributed by atoms with Gasteiger partial charge in [-0.25, -0.2) is 4.79 Å². The Morgan fingerprint density at radius 3 is 2.30 bits per heavy atom. The molecule has 0 bridgehead atoms. The summed E-state index contributed by atoms with van der Waals surface area (Å²) in [4.78, 5) is 30.4. The summed E-state index contributed by atoms with van der Waals surface area (Å²) in [5.74, 6) is -0.859. The smallest absolute Gasteiger partial charge is 0.466 e. The third kappa shape index (κ3) is 6.51. The van der Waals surface area contributed by atoms with E-state index in [2.05, 4.69) is 9.72 Å². The topological polar surface area (TPSA) is 88.9 Å². The van der Waals surface area contributed by atoms with E-state index in [1.54, 1.807) is 67.1 Å². The normalized spacial score (nSPS) is 11.5. The summed E-state index contributed by atoms with van der Waals surface area (Å²) in [7, 11) is 0. The number of alkyl halides is 3. The summed E-state index contributed by atoms with van der Waals surface area (Å²) in [6.45, 7) is 3.48. The monoisotopic (exact) mass is 612 g/mol. The van der Waals surface area contributed by atoms with Gasteiger partial charge in [0.2, 0.25) is 0 Å². The zero-order chi connectivity index (χ0) is 30.7. The number of hydrogen-bond donors (Lipinski definition) is 0. The van der Waals surface area contributed by atoms with E-state index in [0.717, 1.165) is 12.1 Å². The van der Waals surface area contributed by atoms with Gasteiger partial charge in [0, 0.05) is 33.4 Å². The number of ether oxygens (including phenoxy) is 4. The lowest BCUT2D eigenvalue weighted by Crippen LogP contribution is -2.17. The standard InChI is InChI=1S/C31H24ClF3N2O6/c1-3-40-28(38)17-26-29(30(39)41-4-2)23-16-21(42-27-13-14-36-24-15-18(32)5-11-22(24)27)10-12-25(23)37(26)19-6-8-20(9-7-19)43-31(33,34)35/h5-16H,3-4,17H2,1-2H3. The average molecular weight is 613 g/mol.